The zero-order valence-corrected chi connectivity index (χ0v) is 15.6. The van der Waals surface area contributed by atoms with Gasteiger partial charge in [0.05, 0.1) is 19.4 Å². The van der Waals surface area contributed by atoms with Gasteiger partial charge in [0.2, 0.25) is 11.8 Å². The third-order valence-electron chi connectivity index (χ3n) is 5.08. The van der Waals surface area contributed by atoms with Crippen molar-refractivity contribution in [3.05, 3.63) is 24.3 Å². The molecule has 1 aliphatic heterocycles. The monoisotopic (exact) mass is 362 g/mol. The highest BCUT2D eigenvalue weighted by molar-refractivity contribution is 6.00. The molecule has 0 spiro atoms. The first kappa shape index (κ1) is 19.8. The van der Waals surface area contributed by atoms with Crippen LogP contribution in [-0.4, -0.2) is 42.1 Å². The quantitative estimate of drug-likeness (QED) is 0.774. The van der Waals surface area contributed by atoms with Crippen LogP contribution < -0.4 is 15.0 Å². The van der Waals surface area contributed by atoms with Crippen molar-refractivity contribution in [1.82, 2.24) is 5.32 Å². The number of hydrogen-bond acceptors (Lipinski definition) is 4. The molecule has 0 saturated carbocycles. The number of carboxylic acid groups (broad SMARTS) is 1. The second kappa shape index (κ2) is 7.76. The molecule has 1 aromatic carbocycles. The number of anilines is 1. The highest BCUT2D eigenvalue weighted by atomic mass is 16.5. The lowest BCUT2D eigenvalue weighted by atomic mass is 9.84. The SMILES string of the molecule is COc1ccc(N2CC(C(=O)NC(C)(CC(=O)O)C(C)C)CC2=O)cc1. The smallest absolute Gasteiger partial charge is 0.305 e. The Morgan fingerprint density at radius 3 is 2.46 bits per heavy atom. The minimum atomic E-state index is -0.969. The Balaban J connectivity index is 2.08. The maximum Gasteiger partial charge on any atom is 0.305 e. The first-order chi connectivity index (χ1) is 12.2. The van der Waals surface area contributed by atoms with E-state index in [-0.39, 0.29) is 37.1 Å². The Morgan fingerprint density at radius 1 is 1.35 bits per heavy atom. The number of amides is 2. The number of methoxy groups -OCH3 is 1. The highest BCUT2D eigenvalue weighted by Crippen LogP contribution is 2.28. The second-order valence-corrected chi connectivity index (χ2v) is 7.24. The fraction of sp³-hybridized carbons (Fsp3) is 0.526. The minimum absolute atomic E-state index is 0.0580. The van der Waals surface area contributed by atoms with Gasteiger partial charge in [0.15, 0.2) is 0 Å². The largest absolute Gasteiger partial charge is 0.497 e. The van der Waals surface area contributed by atoms with E-state index >= 15 is 0 Å². The summed E-state index contributed by atoms with van der Waals surface area (Å²) in [6.45, 7) is 5.74. The molecule has 1 fully saturated rings. The molecule has 1 saturated heterocycles. The van der Waals surface area contributed by atoms with Gasteiger partial charge in [0.25, 0.3) is 0 Å². The fourth-order valence-electron chi connectivity index (χ4n) is 2.99. The summed E-state index contributed by atoms with van der Waals surface area (Å²) in [5, 5.41) is 12.0. The molecule has 1 heterocycles. The summed E-state index contributed by atoms with van der Waals surface area (Å²) in [6.07, 6.45) is -0.0572. The summed E-state index contributed by atoms with van der Waals surface area (Å²) in [4.78, 5) is 37.7. The van der Waals surface area contributed by atoms with Gasteiger partial charge in [-0.1, -0.05) is 13.8 Å². The van der Waals surface area contributed by atoms with Crippen LogP contribution in [0.2, 0.25) is 0 Å². The lowest BCUT2D eigenvalue weighted by molar-refractivity contribution is -0.140. The van der Waals surface area contributed by atoms with Crippen molar-refractivity contribution in [3.8, 4) is 5.75 Å². The zero-order valence-electron chi connectivity index (χ0n) is 15.6. The van der Waals surface area contributed by atoms with E-state index in [1.54, 1.807) is 43.2 Å². The summed E-state index contributed by atoms with van der Waals surface area (Å²) in [6, 6.07) is 7.08. The molecule has 2 unspecified atom stereocenters. The maximum absolute atomic E-state index is 12.7. The number of nitrogens with zero attached hydrogens (tertiary/aromatic N) is 1. The van der Waals surface area contributed by atoms with Crippen LogP contribution in [-0.2, 0) is 14.4 Å². The first-order valence-electron chi connectivity index (χ1n) is 8.64. The Morgan fingerprint density at radius 2 is 1.96 bits per heavy atom. The van der Waals surface area contributed by atoms with Crippen LogP contribution in [0.3, 0.4) is 0 Å². The van der Waals surface area contributed by atoms with Gasteiger partial charge >= 0.3 is 5.97 Å². The summed E-state index contributed by atoms with van der Waals surface area (Å²) in [5.41, 5.74) is -0.150. The predicted octanol–water partition coefficient (Wildman–Crippen LogP) is 2.05. The molecule has 142 valence electrons. The van der Waals surface area contributed by atoms with E-state index in [0.29, 0.717) is 11.4 Å². The number of hydrogen-bond donors (Lipinski definition) is 2. The summed E-state index contributed by atoms with van der Waals surface area (Å²) >= 11 is 0. The van der Waals surface area contributed by atoms with Crippen LogP contribution in [0.4, 0.5) is 5.69 Å². The van der Waals surface area contributed by atoms with Crippen LogP contribution in [0, 0.1) is 11.8 Å². The Kier molecular flexibility index (Phi) is 5.90. The zero-order chi connectivity index (χ0) is 19.5. The van der Waals surface area contributed by atoms with E-state index in [9.17, 15) is 14.4 Å². The number of nitrogens with one attached hydrogen (secondary N) is 1. The van der Waals surface area contributed by atoms with E-state index in [1.165, 1.54) is 0 Å². The van der Waals surface area contributed by atoms with Gasteiger partial charge in [-0.15, -0.1) is 0 Å². The van der Waals surface area contributed by atoms with Crippen LogP contribution in [0.1, 0.15) is 33.6 Å². The molecule has 2 rings (SSSR count). The van der Waals surface area contributed by atoms with Crippen molar-refractivity contribution < 1.29 is 24.2 Å². The molecule has 2 amide bonds. The number of rotatable bonds is 7. The Labute approximate surface area is 153 Å². The first-order valence-corrected chi connectivity index (χ1v) is 8.64. The van der Waals surface area contributed by atoms with E-state index in [2.05, 4.69) is 5.32 Å². The third-order valence-corrected chi connectivity index (χ3v) is 5.08. The molecule has 1 aliphatic rings. The van der Waals surface area contributed by atoms with Gasteiger partial charge < -0.3 is 20.1 Å². The lowest BCUT2D eigenvalue weighted by Crippen LogP contribution is -2.53. The molecule has 2 atom stereocenters. The fourth-order valence-corrected chi connectivity index (χ4v) is 2.99. The van der Waals surface area contributed by atoms with Gasteiger partial charge in [-0.25, -0.2) is 0 Å². The second-order valence-electron chi connectivity index (χ2n) is 7.24. The number of carboxylic acids is 1. The molecule has 0 bridgehead atoms. The van der Waals surface area contributed by atoms with E-state index in [1.807, 2.05) is 13.8 Å². The van der Waals surface area contributed by atoms with Crippen molar-refractivity contribution in [2.75, 3.05) is 18.6 Å². The number of carbonyl (C=O) groups is 3. The Hall–Kier alpha value is -2.57. The molecule has 7 nitrogen and oxygen atoms in total. The molecule has 7 heteroatoms. The van der Waals surface area contributed by atoms with Crippen molar-refractivity contribution in [2.45, 2.75) is 39.2 Å². The van der Waals surface area contributed by atoms with Gasteiger partial charge in [-0.05, 0) is 37.1 Å². The van der Waals surface area contributed by atoms with Gasteiger partial charge in [-0.3, -0.25) is 14.4 Å². The topological polar surface area (TPSA) is 95.9 Å². The van der Waals surface area contributed by atoms with Gasteiger partial charge in [0, 0.05) is 24.2 Å². The molecule has 2 N–H and O–H groups in total. The third kappa shape index (κ3) is 4.33. The van der Waals surface area contributed by atoms with Crippen molar-refractivity contribution in [1.29, 1.82) is 0 Å². The van der Waals surface area contributed by atoms with Crippen LogP contribution in [0.5, 0.6) is 5.75 Å². The van der Waals surface area contributed by atoms with E-state index < -0.39 is 17.4 Å². The average molecular weight is 362 g/mol. The van der Waals surface area contributed by atoms with Gasteiger partial charge in [0.1, 0.15) is 5.75 Å². The predicted molar refractivity (Wildman–Crippen MR) is 97.1 cm³/mol. The maximum atomic E-state index is 12.7. The molecule has 0 aromatic heterocycles. The Bertz CT molecular complexity index is 686. The van der Waals surface area contributed by atoms with E-state index in [0.717, 1.165) is 0 Å². The number of ether oxygens (including phenoxy) is 1. The van der Waals surface area contributed by atoms with Crippen molar-refractivity contribution in [3.63, 3.8) is 0 Å². The average Bonchev–Trinajstić information content (AvgIpc) is 2.96. The summed E-state index contributed by atoms with van der Waals surface area (Å²) < 4.78 is 5.11. The molecular weight excluding hydrogens is 336 g/mol. The molecular formula is C19H26N2O5. The standard InChI is InChI=1S/C19H26N2O5/c1-12(2)19(3,10-17(23)24)20-18(25)13-9-16(22)21(11-13)14-5-7-15(26-4)8-6-14/h5-8,12-13H,9-11H2,1-4H3,(H,20,25)(H,23,24). The minimum Gasteiger partial charge on any atom is -0.497 e. The molecule has 0 radical (unpaired) electrons. The van der Waals surface area contributed by atoms with Crippen LogP contribution >= 0.6 is 0 Å². The normalized spacial score (nSPS) is 19.3. The van der Waals surface area contributed by atoms with E-state index in [4.69, 9.17) is 9.84 Å². The van der Waals surface area contributed by atoms with Crippen LogP contribution in [0.25, 0.3) is 0 Å². The molecule has 26 heavy (non-hydrogen) atoms. The number of carbonyl (C=O) groups excluding carboxylic acids is 2. The van der Waals surface area contributed by atoms with Crippen molar-refractivity contribution in [2.24, 2.45) is 11.8 Å². The molecule has 0 aliphatic carbocycles. The number of aliphatic carboxylic acids is 1. The number of benzene rings is 1. The highest BCUT2D eigenvalue weighted by Gasteiger charge is 2.39. The summed E-state index contributed by atoms with van der Waals surface area (Å²) in [5.74, 6) is -1.25. The van der Waals surface area contributed by atoms with Gasteiger partial charge in [-0.2, -0.15) is 0 Å². The summed E-state index contributed by atoms with van der Waals surface area (Å²) in [7, 11) is 1.57. The van der Waals surface area contributed by atoms with Crippen LogP contribution in [0.15, 0.2) is 24.3 Å². The molecule has 1 aromatic rings. The van der Waals surface area contributed by atoms with Crippen molar-refractivity contribution >= 4 is 23.5 Å². The lowest BCUT2D eigenvalue weighted by Gasteiger charge is -2.34.